The number of likely N-dealkylation sites (tertiary alicyclic amines) is 1. The zero-order valence-electron chi connectivity index (χ0n) is 17.1. The van der Waals surface area contributed by atoms with Gasteiger partial charge in [0, 0.05) is 30.7 Å². The van der Waals surface area contributed by atoms with E-state index in [1.165, 1.54) is 0 Å². The minimum Gasteiger partial charge on any atom is -0.370 e. The number of fused-ring (bicyclic) bond motifs is 1. The van der Waals surface area contributed by atoms with E-state index in [4.69, 9.17) is 0 Å². The summed E-state index contributed by atoms with van der Waals surface area (Å²) >= 11 is 0. The van der Waals surface area contributed by atoms with Crippen molar-refractivity contribution in [2.75, 3.05) is 23.7 Å². The maximum absolute atomic E-state index is 14.8. The standard InChI is InChI=1S/C22H29FN6/c1-6-14(5)29-11-10-17(23)18(13-29)26-21-19-15(7-2)12-24-20(19)27-22(28-21)25-16(8-3)9-4/h6,8-9,12,17-18H,1,3,5,7,10-11,13H2,2,4H3,(H3,24,25,26,27,28)/b16-9+. The molecule has 2 atom stereocenters. The minimum absolute atomic E-state index is 0.411. The molecule has 6 nitrogen and oxygen atoms in total. The third kappa shape index (κ3) is 4.34. The van der Waals surface area contributed by atoms with Gasteiger partial charge in [0.1, 0.15) is 17.6 Å². The van der Waals surface area contributed by atoms with Gasteiger partial charge in [0.05, 0.1) is 11.4 Å². The molecule has 0 aliphatic carbocycles. The van der Waals surface area contributed by atoms with Crippen molar-refractivity contribution in [3.8, 4) is 0 Å². The summed E-state index contributed by atoms with van der Waals surface area (Å²) in [6.45, 7) is 16.7. The molecule has 0 radical (unpaired) electrons. The largest absolute Gasteiger partial charge is 0.370 e. The van der Waals surface area contributed by atoms with E-state index in [0.29, 0.717) is 36.9 Å². The van der Waals surface area contributed by atoms with Crippen LogP contribution in [0.3, 0.4) is 0 Å². The van der Waals surface area contributed by atoms with Gasteiger partial charge < -0.3 is 20.5 Å². The van der Waals surface area contributed by atoms with Crippen LogP contribution in [-0.4, -0.2) is 45.2 Å². The Hall–Kier alpha value is -3.09. The highest BCUT2D eigenvalue weighted by Gasteiger charge is 2.30. The molecule has 154 valence electrons. The second-order valence-corrected chi connectivity index (χ2v) is 7.06. The molecule has 2 unspecified atom stereocenters. The summed E-state index contributed by atoms with van der Waals surface area (Å²) in [5, 5.41) is 7.39. The Labute approximate surface area is 171 Å². The molecule has 0 bridgehead atoms. The van der Waals surface area contributed by atoms with Crippen LogP contribution in [0.1, 0.15) is 25.8 Å². The molecule has 0 saturated carbocycles. The van der Waals surface area contributed by atoms with Gasteiger partial charge in [-0.1, -0.05) is 32.7 Å². The first-order valence-corrected chi connectivity index (χ1v) is 9.91. The zero-order chi connectivity index (χ0) is 21.0. The minimum atomic E-state index is -0.978. The third-order valence-corrected chi connectivity index (χ3v) is 5.27. The van der Waals surface area contributed by atoms with Crippen LogP contribution in [0.5, 0.6) is 0 Å². The van der Waals surface area contributed by atoms with Crippen molar-refractivity contribution in [3.63, 3.8) is 0 Å². The van der Waals surface area contributed by atoms with Gasteiger partial charge in [-0.2, -0.15) is 9.97 Å². The Balaban J connectivity index is 1.97. The number of rotatable bonds is 8. The quantitative estimate of drug-likeness (QED) is 0.571. The van der Waals surface area contributed by atoms with Crippen LogP contribution in [0.4, 0.5) is 16.2 Å². The van der Waals surface area contributed by atoms with E-state index in [1.807, 2.05) is 24.1 Å². The van der Waals surface area contributed by atoms with Crippen LogP contribution in [0, 0.1) is 0 Å². The summed E-state index contributed by atoms with van der Waals surface area (Å²) in [6, 6.07) is -0.411. The van der Waals surface area contributed by atoms with Gasteiger partial charge in [-0.15, -0.1) is 0 Å². The summed E-state index contributed by atoms with van der Waals surface area (Å²) in [4.78, 5) is 14.5. The first-order chi connectivity index (χ1) is 14.0. The predicted molar refractivity (Wildman–Crippen MR) is 119 cm³/mol. The van der Waals surface area contributed by atoms with Gasteiger partial charge in [0.15, 0.2) is 0 Å². The molecule has 0 aromatic carbocycles. The highest BCUT2D eigenvalue weighted by Crippen LogP contribution is 2.29. The number of halogens is 1. The number of hydrogen-bond acceptors (Lipinski definition) is 5. The lowest BCUT2D eigenvalue weighted by molar-refractivity contribution is 0.166. The molecule has 1 fully saturated rings. The van der Waals surface area contributed by atoms with Crippen molar-refractivity contribution in [1.29, 1.82) is 0 Å². The van der Waals surface area contributed by atoms with Gasteiger partial charge in [-0.3, -0.25) is 0 Å². The number of alkyl halides is 1. The predicted octanol–water partition coefficient (Wildman–Crippen LogP) is 4.55. The molecule has 1 aliphatic heterocycles. The van der Waals surface area contributed by atoms with Crippen molar-refractivity contribution >= 4 is 22.8 Å². The van der Waals surface area contributed by atoms with Crippen LogP contribution < -0.4 is 10.6 Å². The van der Waals surface area contributed by atoms with Gasteiger partial charge in [0.25, 0.3) is 0 Å². The van der Waals surface area contributed by atoms with E-state index in [2.05, 4.69) is 52.2 Å². The van der Waals surface area contributed by atoms with E-state index >= 15 is 0 Å². The number of nitrogens with zero attached hydrogens (tertiary/aromatic N) is 3. The van der Waals surface area contributed by atoms with Crippen LogP contribution in [0.15, 0.2) is 55.6 Å². The van der Waals surface area contributed by atoms with Crippen LogP contribution in [0.25, 0.3) is 11.0 Å². The molecule has 3 heterocycles. The number of aromatic amines is 1. The van der Waals surface area contributed by atoms with Gasteiger partial charge in [0.2, 0.25) is 5.95 Å². The van der Waals surface area contributed by atoms with Crippen molar-refractivity contribution in [2.45, 2.75) is 38.9 Å². The Morgan fingerprint density at radius 1 is 1.38 bits per heavy atom. The normalized spacial score (nSPS) is 19.8. The number of hydrogen-bond donors (Lipinski definition) is 3. The highest BCUT2D eigenvalue weighted by atomic mass is 19.1. The molecule has 2 aromatic rings. The van der Waals surface area contributed by atoms with Crippen LogP contribution in [0.2, 0.25) is 0 Å². The van der Waals surface area contributed by atoms with Gasteiger partial charge in [-0.25, -0.2) is 4.39 Å². The summed E-state index contributed by atoms with van der Waals surface area (Å²) in [7, 11) is 0. The van der Waals surface area contributed by atoms with Gasteiger partial charge in [-0.05, 0) is 37.5 Å². The molecular weight excluding hydrogens is 367 g/mol. The maximum atomic E-state index is 14.8. The number of aromatic nitrogens is 3. The monoisotopic (exact) mass is 396 g/mol. The molecule has 1 saturated heterocycles. The number of anilines is 2. The molecule has 2 aromatic heterocycles. The number of allylic oxidation sites excluding steroid dienone is 3. The smallest absolute Gasteiger partial charge is 0.231 e. The Morgan fingerprint density at radius 2 is 2.17 bits per heavy atom. The second kappa shape index (κ2) is 8.94. The number of H-pyrrole nitrogens is 1. The van der Waals surface area contributed by atoms with Crippen molar-refractivity contribution in [2.24, 2.45) is 0 Å². The summed E-state index contributed by atoms with van der Waals surface area (Å²) in [5.74, 6) is 1.05. The van der Waals surface area contributed by atoms with Gasteiger partial charge >= 0.3 is 0 Å². The van der Waals surface area contributed by atoms with Crippen molar-refractivity contribution in [1.82, 2.24) is 19.9 Å². The number of aryl methyl sites for hydroxylation is 1. The Kier molecular flexibility index (Phi) is 6.36. The Bertz CT molecular complexity index is 944. The van der Waals surface area contributed by atoms with Crippen molar-refractivity contribution < 1.29 is 4.39 Å². The molecule has 29 heavy (non-hydrogen) atoms. The molecule has 0 amide bonds. The molecule has 3 N–H and O–H groups in total. The Morgan fingerprint density at radius 3 is 2.83 bits per heavy atom. The van der Waals surface area contributed by atoms with Crippen LogP contribution in [-0.2, 0) is 6.42 Å². The first kappa shape index (κ1) is 20.6. The average molecular weight is 397 g/mol. The zero-order valence-corrected chi connectivity index (χ0v) is 17.1. The third-order valence-electron chi connectivity index (χ3n) is 5.27. The number of nitrogens with one attached hydrogen (secondary N) is 3. The topological polar surface area (TPSA) is 68.9 Å². The SMILES string of the molecule is C=CC(=C)N1CCC(F)C(Nc2nc(N/C(C=C)=C/C)nc3[nH]cc(CC)c23)C1. The lowest BCUT2D eigenvalue weighted by atomic mass is 10.0. The molecule has 1 aliphatic rings. The fourth-order valence-electron chi connectivity index (χ4n) is 3.53. The van der Waals surface area contributed by atoms with E-state index < -0.39 is 12.2 Å². The molecular formula is C22H29FN6. The van der Waals surface area contributed by atoms with Crippen molar-refractivity contribution in [3.05, 3.63) is 61.1 Å². The van der Waals surface area contributed by atoms with Crippen LogP contribution >= 0.6 is 0 Å². The summed E-state index contributed by atoms with van der Waals surface area (Å²) in [5.41, 5.74) is 3.40. The summed E-state index contributed by atoms with van der Waals surface area (Å²) in [6.07, 6.45) is 7.49. The fraction of sp³-hybridized carbons (Fsp3) is 0.364. The maximum Gasteiger partial charge on any atom is 0.231 e. The lowest BCUT2D eigenvalue weighted by Crippen LogP contribution is -2.48. The van der Waals surface area contributed by atoms with E-state index in [0.717, 1.165) is 28.8 Å². The van der Waals surface area contributed by atoms with E-state index in [9.17, 15) is 4.39 Å². The summed E-state index contributed by atoms with van der Waals surface area (Å²) < 4.78 is 14.8. The molecule has 3 rings (SSSR count). The van der Waals surface area contributed by atoms with E-state index in [1.54, 1.807) is 12.2 Å². The second-order valence-electron chi connectivity index (χ2n) is 7.06. The lowest BCUT2D eigenvalue weighted by Gasteiger charge is -2.37. The van der Waals surface area contributed by atoms with E-state index in [-0.39, 0.29) is 0 Å². The first-order valence-electron chi connectivity index (χ1n) is 9.91. The molecule has 0 spiro atoms. The number of piperidine rings is 1. The average Bonchev–Trinajstić information content (AvgIpc) is 3.16. The fourth-order valence-corrected chi connectivity index (χ4v) is 3.53. The highest BCUT2D eigenvalue weighted by molar-refractivity contribution is 5.91. The molecule has 7 heteroatoms.